The molecule has 1 amide bonds. The minimum Gasteiger partial charge on any atom is -0.493 e. The van der Waals surface area contributed by atoms with Crippen molar-refractivity contribution in [3.8, 4) is 11.5 Å². The van der Waals surface area contributed by atoms with Gasteiger partial charge in [0.2, 0.25) is 0 Å². The van der Waals surface area contributed by atoms with Crippen molar-refractivity contribution in [1.29, 1.82) is 0 Å². The summed E-state index contributed by atoms with van der Waals surface area (Å²) < 4.78 is 10.7. The second-order valence-electron chi connectivity index (χ2n) is 7.37. The van der Waals surface area contributed by atoms with Gasteiger partial charge in [0, 0.05) is 11.6 Å². The lowest BCUT2D eigenvalue weighted by Crippen LogP contribution is -3.28. The summed E-state index contributed by atoms with van der Waals surface area (Å²) in [5, 5.41) is 13.8. The maximum absolute atomic E-state index is 12.4. The van der Waals surface area contributed by atoms with Crippen LogP contribution in [0, 0.1) is 10.1 Å². The number of para-hydroxylation sites is 2. The van der Waals surface area contributed by atoms with Gasteiger partial charge in [-0.15, -0.1) is 0 Å². The molecule has 30 heavy (non-hydrogen) atoms. The van der Waals surface area contributed by atoms with E-state index in [1.165, 1.54) is 21.4 Å². The summed E-state index contributed by atoms with van der Waals surface area (Å²) in [4.78, 5) is 25.6. The Hall–Kier alpha value is -3.17. The van der Waals surface area contributed by atoms with Gasteiger partial charge in [0.05, 0.1) is 19.1 Å². The molecule has 160 valence electrons. The number of piperazine rings is 1. The molecule has 1 heterocycles. The zero-order valence-electron chi connectivity index (χ0n) is 17.3. The fraction of sp³-hybridized carbons (Fsp3) is 0.381. The molecule has 3 N–H and O–H groups in total. The van der Waals surface area contributed by atoms with Crippen LogP contribution >= 0.6 is 0 Å². The fourth-order valence-electron chi connectivity index (χ4n) is 3.75. The Labute approximate surface area is 175 Å². The van der Waals surface area contributed by atoms with E-state index in [-0.39, 0.29) is 17.3 Å². The highest BCUT2D eigenvalue weighted by molar-refractivity contribution is 5.93. The van der Waals surface area contributed by atoms with E-state index in [4.69, 9.17) is 9.47 Å². The van der Waals surface area contributed by atoms with E-state index in [1.54, 1.807) is 32.4 Å². The van der Waals surface area contributed by atoms with Gasteiger partial charge in [0.25, 0.3) is 11.6 Å². The van der Waals surface area contributed by atoms with Crippen LogP contribution in [0.3, 0.4) is 0 Å². The van der Waals surface area contributed by atoms with Crippen molar-refractivity contribution in [2.24, 2.45) is 0 Å². The van der Waals surface area contributed by atoms with Gasteiger partial charge in [-0.3, -0.25) is 14.9 Å². The Kier molecular flexibility index (Phi) is 7.21. The lowest BCUT2D eigenvalue weighted by atomic mass is 10.1. The third kappa shape index (κ3) is 5.46. The van der Waals surface area contributed by atoms with Gasteiger partial charge in [-0.2, -0.15) is 0 Å². The van der Waals surface area contributed by atoms with Crippen LogP contribution in [0.5, 0.6) is 11.5 Å². The number of ether oxygens (including phenoxy) is 2. The Morgan fingerprint density at radius 3 is 2.37 bits per heavy atom. The van der Waals surface area contributed by atoms with Crippen LogP contribution in [-0.2, 0) is 11.3 Å². The third-order valence-electron chi connectivity index (χ3n) is 5.35. The predicted octanol–water partition coefficient (Wildman–Crippen LogP) is -0.466. The zero-order valence-corrected chi connectivity index (χ0v) is 17.3. The molecule has 0 radical (unpaired) electrons. The molecule has 3 rings (SSSR count). The van der Waals surface area contributed by atoms with E-state index in [2.05, 4.69) is 5.32 Å². The Morgan fingerprint density at radius 1 is 1.03 bits per heavy atom. The first kappa shape index (κ1) is 21.5. The molecular weight excluding hydrogens is 388 g/mol. The number of benzene rings is 2. The second-order valence-corrected chi connectivity index (χ2v) is 7.37. The van der Waals surface area contributed by atoms with Crippen molar-refractivity contribution in [2.75, 3.05) is 52.3 Å². The molecule has 0 aromatic heterocycles. The molecule has 9 nitrogen and oxygen atoms in total. The number of hydrogen-bond donors (Lipinski definition) is 3. The first-order valence-corrected chi connectivity index (χ1v) is 9.91. The molecule has 2 aromatic rings. The van der Waals surface area contributed by atoms with E-state index < -0.39 is 4.92 Å². The third-order valence-corrected chi connectivity index (χ3v) is 5.35. The molecule has 1 aliphatic rings. The van der Waals surface area contributed by atoms with Crippen molar-refractivity contribution >= 4 is 17.3 Å². The zero-order chi connectivity index (χ0) is 21.5. The normalized spacial score (nSPS) is 18.5. The number of carbonyl (C=O) groups is 1. The fourth-order valence-corrected chi connectivity index (χ4v) is 3.75. The van der Waals surface area contributed by atoms with Crippen molar-refractivity contribution in [3.05, 3.63) is 58.1 Å². The summed E-state index contributed by atoms with van der Waals surface area (Å²) in [5.41, 5.74) is 1.33. The highest BCUT2D eigenvalue weighted by atomic mass is 16.6. The number of methoxy groups -OCH3 is 2. The number of nitrogens with one attached hydrogen (secondary N) is 3. The first-order chi connectivity index (χ1) is 14.5. The van der Waals surface area contributed by atoms with Gasteiger partial charge in [-0.05, 0) is 24.3 Å². The number of rotatable bonds is 8. The van der Waals surface area contributed by atoms with Gasteiger partial charge < -0.3 is 24.6 Å². The standard InChI is InChI=1S/C21H26N4O5/c1-29-19-8-7-16(13-20(19)30-2)14-23-9-11-24(12-10-23)15-21(26)22-17-5-3-4-6-18(17)25(27)28/h3-8,13H,9-12,14-15H2,1-2H3,(H,22,26)/p+2. The van der Waals surface area contributed by atoms with E-state index in [1.807, 2.05) is 18.2 Å². The molecule has 0 atom stereocenters. The largest absolute Gasteiger partial charge is 0.493 e. The Balaban J connectivity index is 1.49. The van der Waals surface area contributed by atoms with Gasteiger partial charge in [-0.1, -0.05) is 12.1 Å². The van der Waals surface area contributed by atoms with Crippen LogP contribution in [0.4, 0.5) is 11.4 Å². The van der Waals surface area contributed by atoms with Crippen molar-refractivity contribution in [2.45, 2.75) is 6.54 Å². The van der Waals surface area contributed by atoms with E-state index in [0.717, 1.165) is 44.2 Å². The number of nitrogens with zero attached hydrogens (tertiary/aromatic N) is 1. The highest BCUT2D eigenvalue weighted by Crippen LogP contribution is 2.27. The van der Waals surface area contributed by atoms with Crippen molar-refractivity contribution < 1.29 is 29.0 Å². The summed E-state index contributed by atoms with van der Waals surface area (Å²) in [7, 11) is 3.25. The summed E-state index contributed by atoms with van der Waals surface area (Å²) in [5.74, 6) is 1.24. The lowest BCUT2D eigenvalue weighted by Gasteiger charge is -2.29. The van der Waals surface area contributed by atoms with Gasteiger partial charge in [-0.25, -0.2) is 0 Å². The van der Waals surface area contributed by atoms with Gasteiger partial charge in [0.15, 0.2) is 18.0 Å². The molecular formula is C21H28N4O5+2. The average molecular weight is 416 g/mol. The highest BCUT2D eigenvalue weighted by Gasteiger charge is 2.26. The number of amides is 1. The predicted molar refractivity (Wildman–Crippen MR) is 111 cm³/mol. The summed E-state index contributed by atoms with van der Waals surface area (Å²) >= 11 is 0. The molecule has 0 aliphatic carbocycles. The maximum Gasteiger partial charge on any atom is 0.292 e. The molecule has 9 heteroatoms. The number of carbonyl (C=O) groups excluding carboxylic acids is 1. The van der Waals surface area contributed by atoms with Crippen LogP contribution in [0.25, 0.3) is 0 Å². The molecule has 0 unspecified atom stereocenters. The summed E-state index contributed by atoms with van der Waals surface area (Å²) in [6.07, 6.45) is 0. The van der Waals surface area contributed by atoms with Crippen LogP contribution in [0.1, 0.15) is 5.56 Å². The Morgan fingerprint density at radius 2 is 1.70 bits per heavy atom. The molecule has 1 fully saturated rings. The number of nitro groups is 1. The van der Waals surface area contributed by atoms with E-state index in [9.17, 15) is 14.9 Å². The topological polar surface area (TPSA) is 99.6 Å². The number of anilines is 1. The van der Waals surface area contributed by atoms with Gasteiger partial charge >= 0.3 is 0 Å². The summed E-state index contributed by atoms with van der Waals surface area (Å²) in [6, 6.07) is 12.2. The van der Waals surface area contributed by atoms with Crippen molar-refractivity contribution in [3.63, 3.8) is 0 Å². The number of quaternary nitrogens is 2. The van der Waals surface area contributed by atoms with Gasteiger partial charge in [0.1, 0.15) is 38.4 Å². The van der Waals surface area contributed by atoms with Crippen LogP contribution in [0.15, 0.2) is 42.5 Å². The first-order valence-electron chi connectivity index (χ1n) is 9.91. The van der Waals surface area contributed by atoms with E-state index >= 15 is 0 Å². The van der Waals surface area contributed by atoms with E-state index in [0.29, 0.717) is 6.54 Å². The van der Waals surface area contributed by atoms with Crippen LogP contribution < -0.4 is 24.6 Å². The molecule has 0 bridgehead atoms. The van der Waals surface area contributed by atoms with Crippen LogP contribution in [0.2, 0.25) is 0 Å². The minimum absolute atomic E-state index is 0.0926. The lowest BCUT2D eigenvalue weighted by molar-refractivity contribution is -1.02. The second kappa shape index (κ2) is 10.0. The molecule has 2 aromatic carbocycles. The molecule has 1 saturated heterocycles. The summed E-state index contributed by atoms with van der Waals surface area (Å²) in [6.45, 7) is 4.82. The number of nitro benzene ring substituents is 1. The molecule has 1 aliphatic heterocycles. The quantitative estimate of drug-likeness (QED) is 0.399. The van der Waals surface area contributed by atoms with Crippen molar-refractivity contribution in [1.82, 2.24) is 0 Å². The Bertz CT molecular complexity index is 897. The number of hydrogen-bond acceptors (Lipinski definition) is 5. The van der Waals surface area contributed by atoms with Crippen LogP contribution in [-0.4, -0.2) is 57.8 Å². The smallest absolute Gasteiger partial charge is 0.292 e. The maximum atomic E-state index is 12.4. The average Bonchev–Trinajstić information content (AvgIpc) is 2.75. The SMILES string of the molecule is COc1ccc(C[NH+]2CC[NH+](CC(=O)Nc3ccccc3[N+](=O)[O-])CC2)cc1OC. The molecule has 0 saturated carbocycles. The molecule has 0 spiro atoms. The monoisotopic (exact) mass is 416 g/mol. The minimum atomic E-state index is -0.487.